The van der Waals surface area contributed by atoms with Gasteiger partial charge in [-0.15, -0.1) is 0 Å². The number of nitrogens with zero attached hydrogens (tertiary/aromatic N) is 1. The summed E-state index contributed by atoms with van der Waals surface area (Å²) in [7, 11) is 0. The zero-order chi connectivity index (χ0) is 15.2. The first kappa shape index (κ1) is 16.6. The molecule has 0 spiro atoms. The molecule has 1 aromatic rings. The highest BCUT2D eigenvalue weighted by Gasteiger charge is 2.35. The Morgan fingerprint density at radius 1 is 1.30 bits per heavy atom. The number of ether oxygens (including phenoxy) is 1. The fourth-order valence-electron chi connectivity index (χ4n) is 1.82. The summed E-state index contributed by atoms with van der Waals surface area (Å²) in [6.07, 6.45) is 0. The summed E-state index contributed by atoms with van der Waals surface area (Å²) in [5.74, 6) is -3.48. The van der Waals surface area contributed by atoms with Gasteiger partial charge >= 0.3 is 5.97 Å². The van der Waals surface area contributed by atoms with E-state index in [4.69, 9.17) is 4.74 Å². The van der Waals surface area contributed by atoms with E-state index in [1.54, 1.807) is 39.0 Å². The molecule has 0 saturated heterocycles. The Balaban J connectivity index is 2.77. The summed E-state index contributed by atoms with van der Waals surface area (Å²) in [6.45, 7) is 4.86. The molecule has 0 aliphatic heterocycles. The molecule has 0 aliphatic carbocycles. The van der Waals surface area contributed by atoms with Gasteiger partial charge in [0.2, 0.25) is 0 Å². The molecule has 0 radical (unpaired) electrons. The average Bonchev–Trinajstić information content (AvgIpc) is 2.39. The highest BCUT2D eigenvalue weighted by atomic mass is 19.3. The molecule has 0 aliphatic rings. The monoisotopic (exact) mass is 285 g/mol. The van der Waals surface area contributed by atoms with Gasteiger partial charge in [0.05, 0.1) is 19.7 Å². The van der Waals surface area contributed by atoms with Gasteiger partial charge in [0.15, 0.2) is 0 Å². The van der Waals surface area contributed by atoms with E-state index in [1.807, 2.05) is 0 Å². The third kappa shape index (κ3) is 4.89. The largest absolute Gasteiger partial charge is 0.465 e. The fraction of sp³-hybridized carbons (Fsp3) is 0.533. The predicted octanol–water partition coefficient (Wildman–Crippen LogP) is 3.05. The first-order chi connectivity index (χ1) is 9.36. The number of rotatable bonds is 7. The van der Waals surface area contributed by atoms with Crippen LogP contribution in [0, 0.1) is 0 Å². The van der Waals surface area contributed by atoms with Crippen LogP contribution in [0.15, 0.2) is 30.3 Å². The Morgan fingerprint density at radius 2 is 1.90 bits per heavy atom. The van der Waals surface area contributed by atoms with Crippen molar-refractivity contribution in [2.24, 2.45) is 0 Å². The van der Waals surface area contributed by atoms with Crippen molar-refractivity contribution in [1.82, 2.24) is 4.90 Å². The maximum atomic E-state index is 14.2. The summed E-state index contributed by atoms with van der Waals surface area (Å²) >= 11 is 0. The highest BCUT2D eigenvalue weighted by Crippen LogP contribution is 2.29. The molecule has 112 valence electrons. The lowest BCUT2D eigenvalue weighted by molar-refractivity contribution is -0.146. The second kappa shape index (κ2) is 7.33. The first-order valence-electron chi connectivity index (χ1n) is 6.70. The van der Waals surface area contributed by atoms with Crippen LogP contribution in [-0.4, -0.2) is 36.6 Å². The standard InChI is InChI=1S/C15H21F2NO2/c1-4-20-14(19)10-18(12(2)3)11-15(16,17)13-8-6-5-7-9-13/h5-9,12H,4,10-11H2,1-3H3. The third-order valence-electron chi connectivity index (χ3n) is 2.97. The molecule has 5 heteroatoms. The lowest BCUT2D eigenvalue weighted by atomic mass is 10.1. The van der Waals surface area contributed by atoms with Gasteiger partial charge < -0.3 is 4.74 Å². The van der Waals surface area contributed by atoms with Crippen LogP contribution in [0.3, 0.4) is 0 Å². The van der Waals surface area contributed by atoms with E-state index in [-0.39, 0.29) is 24.8 Å². The molecule has 0 aromatic heterocycles. The van der Waals surface area contributed by atoms with Crippen LogP contribution in [0.1, 0.15) is 26.3 Å². The van der Waals surface area contributed by atoms with Crippen molar-refractivity contribution in [2.45, 2.75) is 32.7 Å². The second-order valence-electron chi connectivity index (χ2n) is 4.87. The lowest BCUT2D eigenvalue weighted by Crippen LogP contribution is -2.43. The van der Waals surface area contributed by atoms with Crippen LogP contribution in [0.4, 0.5) is 8.78 Å². The number of alkyl halides is 2. The SMILES string of the molecule is CCOC(=O)CN(CC(F)(F)c1ccccc1)C(C)C. The summed E-state index contributed by atoms with van der Waals surface area (Å²) < 4.78 is 33.2. The van der Waals surface area contributed by atoms with Crippen molar-refractivity contribution in [3.05, 3.63) is 35.9 Å². The first-order valence-corrected chi connectivity index (χ1v) is 6.70. The van der Waals surface area contributed by atoms with Crippen LogP contribution in [0.5, 0.6) is 0 Å². The van der Waals surface area contributed by atoms with Gasteiger partial charge in [-0.2, -0.15) is 8.78 Å². The van der Waals surface area contributed by atoms with Gasteiger partial charge in [0, 0.05) is 11.6 Å². The van der Waals surface area contributed by atoms with Crippen molar-refractivity contribution < 1.29 is 18.3 Å². The van der Waals surface area contributed by atoms with Crippen molar-refractivity contribution in [2.75, 3.05) is 19.7 Å². The van der Waals surface area contributed by atoms with Crippen LogP contribution < -0.4 is 0 Å². The zero-order valence-corrected chi connectivity index (χ0v) is 12.1. The number of carbonyl (C=O) groups excluding carboxylic acids is 1. The minimum atomic E-state index is -3.00. The van der Waals surface area contributed by atoms with Crippen molar-refractivity contribution in [3.63, 3.8) is 0 Å². The molecule has 0 bridgehead atoms. The number of benzene rings is 1. The molecule has 0 N–H and O–H groups in total. The Morgan fingerprint density at radius 3 is 2.40 bits per heavy atom. The molecular weight excluding hydrogens is 264 g/mol. The van der Waals surface area contributed by atoms with E-state index in [0.29, 0.717) is 0 Å². The molecule has 1 rings (SSSR count). The van der Waals surface area contributed by atoms with Crippen LogP contribution >= 0.6 is 0 Å². The maximum Gasteiger partial charge on any atom is 0.320 e. The molecule has 1 aromatic carbocycles. The lowest BCUT2D eigenvalue weighted by Gasteiger charge is -2.29. The Kier molecular flexibility index (Phi) is 6.07. The van der Waals surface area contributed by atoms with E-state index >= 15 is 0 Å². The Labute approximate surface area is 118 Å². The summed E-state index contributed by atoms with van der Waals surface area (Å²) in [6, 6.07) is 7.46. The van der Waals surface area contributed by atoms with Gasteiger partial charge in [0.1, 0.15) is 0 Å². The molecule has 20 heavy (non-hydrogen) atoms. The number of carbonyl (C=O) groups is 1. The second-order valence-corrected chi connectivity index (χ2v) is 4.87. The topological polar surface area (TPSA) is 29.5 Å². The molecular formula is C15H21F2NO2. The maximum absolute atomic E-state index is 14.2. The van der Waals surface area contributed by atoms with E-state index in [9.17, 15) is 13.6 Å². The number of esters is 1. The van der Waals surface area contributed by atoms with Crippen LogP contribution in [-0.2, 0) is 15.5 Å². The number of hydrogen-bond donors (Lipinski definition) is 0. The number of halogens is 2. The quantitative estimate of drug-likeness (QED) is 0.721. The Hall–Kier alpha value is -1.49. The molecule has 0 amide bonds. The molecule has 0 saturated carbocycles. The highest BCUT2D eigenvalue weighted by molar-refractivity contribution is 5.71. The third-order valence-corrected chi connectivity index (χ3v) is 2.97. The minimum absolute atomic E-state index is 0.0468. The van der Waals surface area contributed by atoms with Gasteiger partial charge in [-0.3, -0.25) is 9.69 Å². The smallest absolute Gasteiger partial charge is 0.320 e. The minimum Gasteiger partial charge on any atom is -0.465 e. The fourth-order valence-corrected chi connectivity index (χ4v) is 1.82. The molecule has 0 unspecified atom stereocenters. The van der Waals surface area contributed by atoms with E-state index in [2.05, 4.69) is 0 Å². The van der Waals surface area contributed by atoms with Crippen LogP contribution in [0.25, 0.3) is 0 Å². The van der Waals surface area contributed by atoms with Gasteiger partial charge in [-0.1, -0.05) is 30.3 Å². The van der Waals surface area contributed by atoms with Gasteiger partial charge in [0.25, 0.3) is 5.92 Å². The predicted molar refractivity (Wildman–Crippen MR) is 73.7 cm³/mol. The van der Waals surface area contributed by atoms with Gasteiger partial charge in [-0.25, -0.2) is 0 Å². The van der Waals surface area contributed by atoms with Crippen molar-refractivity contribution in [3.8, 4) is 0 Å². The van der Waals surface area contributed by atoms with E-state index in [0.717, 1.165) is 0 Å². The molecule has 0 fully saturated rings. The van der Waals surface area contributed by atoms with Crippen molar-refractivity contribution >= 4 is 5.97 Å². The van der Waals surface area contributed by atoms with E-state index < -0.39 is 18.4 Å². The summed E-state index contributed by atoms with van der Waals surface area (Å²) in [4.78, 5) is 12.9. The number of hydrogen-bond acceptors (Lipinski definition) is 3. The molecule has 3 nitrogen and oxygen atoms in total. The normalized spacial score (nSPS) is 11.9. The average molecular weight is 285 g/mol. The van der Waals surface area contributed by atoms with Gasteiger partial charge in [-0.05, 0) is 20.8 Å². The summed E-state index contributed by atoms with van der Waals surface area (Å²) in [5, 5.41) is 0. The van der Waals surface area contributed by atoms with Crippen LogP contribution in [0.2, 0.25) is 0 Å². The van der Waals surface area contributed by atoms with E-state index in [1.165, 1.54) is 17.0 Å². The molecule has 0 heterocycles. The molecule has 0 atom stereocenters. The summed E-state index contributed by atoms with van der Waals surface area (Å²) in [5.41, 5.74) is -0.0468. The van der Waals surface area contributed by atoms with Crippen molar-refractivity contribution in [1.29, 1.82) is 0 Å². The zero-order valence-electron chi connectivity index (χ0n) is 12.1. The Bertz CT molecular complexity index is 421.